The number of halogens is 1. The Hall–Kier alpha value is -4.44. The summed E-state index contributed by atoms with van der Waals surface area (Å²) in [6.45, 7) is 8.04. The van der Waals surface area contributed by atoms with Crippen LogP contribution in [0.4, 0.5) is 10.1 Å². The SMILES string of the molecule is Cc1ccc(-c2nccc3[nH]c(-c4n[nH]c5ccc(-c6cncc(NC(=O)CC(C)(C)C)c6)c(F)c45)nc23)s1. The molecule has 0 bridgehead atoms. The third kappa shape index (κ3) is 4.79. The fourth-order valence-corrected chi connectivity index (χ4v) is 5.46. The Morgan fingerprint density at radius 1 is 1.08 bits per heavy atom. The normalized spacial score (nSPS) is 11.9. The number of aryl methyl sites for hydroxylation is 1. The number of benzene rings is 1. The van der Waals surface area contributed by atoms with E-state index in [0.717, 1.165) is 16.1 Å². The third-order valence-electron chi connectivity index (χ3n) is 6.29. The van der Waals surface area contributed by atoms with Crippen LogP contribution in [0.3, 0.4) is 0 Å². The van der Waals surface area contributed by atoms with Crippen molar-refractivity contribution in [3.63, 3.8) is 0 Å². The van der Waals surface area contributed by atoms with E-state index in [9.17, 15) is 4.79 Å². The largest absolute Gasteiger partial charge is 0.336 e. The highest BCUT2D eigenvalue weighted by atomic mass is 32.1. The number of anilines is 1. The fourth-order valence-electron chi connectivity index (χ4n) is 4.60. The molecule has 6 aromatic rings. The zero-order valence-corrected chi connectivity index (χ0v) is 22.7. The lowest BCUT2D eigenvalue weighted by atomic mass is 9.92. The molecular weight excluding hydrogens is 513 g/mol. The number of amides is 1. The van der Waals surface area contributed by atoms with Gasteiger partial charge in [0, 0.05) is 34.8 Å². The van der Waals surface area contributed by atoms with Crippen molar-refractivity contribution >= 4 is 44.9 Å². The molecule has 0 aliphatic carbocycles. The Kier molecular flexibility index (Phi) is 5.99. The number of thiophene rings is 1. The van der Waals surface area contributed by atoms with Gasteiger partial charge in [-0.1, -0.05) is 20.8 Å². The van der Waals surface area contributed by atoms with Gasteiger partial charge in [-0.05, 0) is 48.7 Å². The molecule has 1 amide bonds. The molecule has 0 aliphatic rings. The zero-order chi connectivity index (χ0) is 27.3. The van der Waals surface area contributed by atoms with Crippen molar-refractivity contribution < 1.29 is 9.18 Å². The van der Waals surface area contributed by atoms with Gasteiger partial charge >= 0.3 is 0 Å². The molecule has 0 fully saturated rings. The van der Waals surface area contributed by atoms with Crippen LogP contribution in [-0.2, 0) is 4.79 Å². The summed E-state index contributed by atoms with van der Waals surface area (Å²) in [5, 5.41) is 10.5. The van der Waals surface area contributed by atoms with Crippen LogP contribution in [0, 0.1) is 18.2 Å². The molecule has 0 spiro atoms. The van der Waals surface area contributed by atoms with Crippen molar-refractivity contribution in [2.45, 2.75) is 34.1 Å². The van der Waals surface area contributed by atoms with Crippen LogP contribution in [0.1, 0.15) is 32.1 Å². The first-order chi connectivity index (χ1) is 18.7. The Morgan fingerprint density at radius 3 is 2.69 bits per heavy atom. The maximum absolute atomic E-state index is 16.1. The number of rotatable bonds is 5. The van der Waals surface area contributed by atoms with Gasteiger partial charge in [0.25, 0.3) is 0 Å². The molecule has 5 aromatic heterocycles. The van der Waals surface area contributed by atoms with Crippen molar-refractivity contribution in [2.75, 3.05) is 5.32 Å². The Bertz CT molecular complexity index is 1860. The second-order valence-electron chi connectivity index (χ2n) is 10.7. The van der Waals surface area contributed by atoms with E-state index in [1.807, 2.05) is 45.9 Å². The summed E-state index contributed by atoms with van der Waals surface area (Å²) in [4.78, 5) is 31.5. The number of hydrogen-bond donors (Lipinski definition) is 3. The second-order valence-corrected chi connectivity index (χ2v) is 12.0. The number of imidazole rings is 1. The number of pyridine rings is 2. The summed E-state index contributed by atoms with van der Waals surface area (Å²) < 4.78 is 16.1. The number of nitrogens with zero attached hydrogens (tertiary/aromatic N) is 4. The summed E-state index contributed by atoms with van der Waals surface area (Å²) in [5.74, 6) is -0.133. The number of carbonyl (C=O) groups excluding carboxylic acids is 1. The minimum atomic E-state index is -0.455. The monoisotopic (exact) mass is 539 g/mol. The molecule has 0 saturated carbocycles. The number of hydrogen-bond acceptors (Lipinski definition) is 6. The molecule has 5 heterocycles. The van der Waals surface area contributed by atoms with Crippen LogP contribution in [-0.4, -0.2) is 36.0 Å². The minimum absolute atomic E-state index is 0.119. The quantitative estimate of drug-likeness (QED) is 0.216. The lowest BCUT2D eigenvalue weighted by Gasteiger charge is -2.17. The smallest absolute Gasteiger partial charge is 0.224 e. The topological polar surface area (TPSA) is 112 Å². The van der Waals surface area contributed by atoms with Crippen LogP contribution >= 0.6 is 11.3 Å². The molecule has 0 atom stereocenters. The standard InChI is InChI=1S/C29H26FN7OS/c1-15-5-8-21(39-15)26-25-20(9-10-32-26)34-28(35-25)27-23-19(36-37-27)7-6-18(24(23)30)16-11-17(14-31-13-16)33-22(38)12-29(2,3)4/h5-11,13-14H,12H2,1-4H3,(H,33,38)(H,34,35)(H,36,37). The fraction of sp³-hybridized carbons (Fsp3) is 0.207. The maximum atomic E-state index is 16.1. The first-order valence-electron chi connectivity index (χ1n) is 12.5. The summed E-state index contributed by atoms with van der Waals surface area (Å²) in [6, 6.07) is 11.1. The van der Waals surface area contributed by atoms with Gasteiger partial charge in [-0.15, -0.1) is 11.3 Å². The van der Waals surface area contributed by atoms with E-state index < -0.39 is 5.82 Å². The van der Waals surface area contributed by atoms with Crippen molar-refractivity contribution in [1.29, 1.82) is 0 Å². The summed E-state index contributed by atoms with van der Waals surface area (Å²) in [6.07, 6.45) is 5.22. The number of aromatic nitrogens is 6. The highest BCUT2D eigenvalue weighted by Gasteiger charge is 2.21. The van der Waals surface area contributed by atoms with Crippen LogP contribution in [0.5, 0.6) is 0 Å². The molecular formula is C29H26FN7OS. The molecule has 6 rings (SSSR count). The van der Waals surface area contributed by atoms with Gasteiger partial charge < -0.3 is 10.3 Å². The van der Waals surface area contributed by atoms with Gasteiger partial charge in [0.2, 0.25) is 5.91 Å². The molecule has 196 valence electrons. The van der Waals surface area contributed by atoms with Gasteiger partial charge in [0.15, 0.2) is 5.82 Å². The first kappa shape index (κ1) is 24.9. The molecule has 0 unspecified atom stereocenters. The van der Waals surface area contributed by atoms with Gasteiger partial charge in [0.1, 0.15) is 22.7 Å². The first-order valence-corrected chi connectivity index (χ1v) is 13.3. The molecule has 1 aromatic carbocycles. The van der Waals surface area contributed by atoms with Gasteiger partial charge in [-0.2, -0.15) is 5.10 Å². The van der Waals surface area contributed by atoms with E-state index in [1.54, 1.807) is 48.1 Å². The number of carbonyl (C=O) groups is 1. The van der Waals surface area contributed by atoms with Gasteiger partial charge in [-0.25, -0.2) is 9.37 Å². The molecule has 39 heavy (non-hydrogen) atoms. The van der Waals surface area contributed by atoms with Crippen LogP contribution in [0.25, 0.3) is 55.2 Å². The highest BCUT2D eigenvalue weighted by Crippen LogP contribution is 2.36. The summed E-state index contributed by atoms with van der Waals surface area (Å²) in [7, 11) is 0. The lowest BCUT2D eigenvalue weighted by molar-refractivity contribution is -0.117. The molecule has 0 saturated heterocycles. The van der Waals surface area contributed by atoms with E-state index in [2.05, 4.69) is 30.5 Å². The van der Waals surface area contributed by atoms with Crippen molar-refractivity contribution in [3.8, 4) is 33.2 Å². The van der Waals surface area contributed by atoms with Gasteiger partial charge in [0.05, 0.1) is 33.2 Å². The van der Waals surface area contributed by atoms with E-state index in [1.165, 1.54) is 4.88 Å². The van der Waals surface area contributed by atoms with Crippen molar-refractivity contribution in [3.05, 3.63) is 65.7 Å². The number of aromatic amines is 2. The predicted octanol–water partition coefficient (Wildman–Crippen LogP) is 7.11. The number of fused-ring (bicyclic) bond motifs is 2. The van der Waals surface area contributed by atoms with Crippen LogP contribution in [0.15, 0.2) is 55.0 Å². The van der Waals surface area contributed by atoms with Crippen molar-refractivity contribution in [2.24, 2.45) is 5.41 Å². The maximum Gasteiger partial charge on any atom is 0.224 e. The lowest BCUT2D eigenvalue weighted by Crippen LogP contribution is -2.19. The van der Waals surface area contributed by atoms with Crippen LogP contribution < -0.4 is 5.32 Å². The average molecular weight is 540 g/mol. The molecule has 8 nitrogen and oxygen atoms in total. The van der Waals surface area contributed by atoms with E-state index in [0.29, 0.717) is 51.2 Å². The van der Waals surface area contributed by atoms with Crippen LogP contribution in [0.2, 0.25) is 0 Å². The predicted molar refractivity (Wildman–Crippen MR) is 153 cm³/mol. The zero-order valence-electron chi connectivity index (χ0n) is 21.9. The summed E-state index contributed by atoms with van der Waals surface area (Å²) in [5.41, 5.74) is 4.41. The second kappa shape index (κ2) is 9.39. The van der Waals surface area contributed by atoms with E-state index in [4.69, 9.17) is 4.98 Å². The molecule has 0 aliphatic heterocycles. The third-order valence-corrected chi connectivity index (χ3v) is 7.30. The molecule has 0 radical (unpaired) electrons. The molecule has 3 N–H and O–H groups in total. The Balaban J connectivity index is 1.40. The van der Waals surface area contributed by atoms with Crippen molar-refractivity contribution in [1.82, 2.24) is 30.1 Å². The summed E-state index contributed by atoms with van der Waals surface area (Å²) >= 11 is 1.64. The van der Waals surface area contributed by atoms with Gasteiger partial charge in [-0.3, -0.25) is 19.9 Å². The highest BCUT2D eigenvalue weighted by molar-refractivity contribution is 7.15. The van der Waals surface area contributed by atoms with E-state index in [-0.39, 0.29) is 11.3 Å². The Morgan fingerprint density at radius 2 is 1.92 bits per heavy atom. The minimum Gasteiger partial charge on any atom is -0.336 e. The number of nitrogens with one attached hydrogen (secondary N) is 3. The van der Waals surface area contributed by atoms with E-state index >= 15 is 4.39 Å². The average Bonchev–Trinajstić information content (AvgIpc) is 3.60. The molecule has 10 heteroatoms. The number of H-pyrrole nitrogens is 2. The Labute approximate surface area is 227 Å².